The fraction of sp³-hybridized carbons (Fsp3) is 0.304. The molecule has 156 valence electrons. The maximum absolute atomic E-state index is 13.2. The first-order chi connectivity index (χ1) is 14.4. The molecule has 4 rings (SSSR count). The molecule has 0 bridgehead atoms. The number of nitrogens with zero attached hydrogens (tertiary/aromatic N) is 1. The van der Waals surface area contributed by atoms with Crippen LogP contribution < -0.4 is 10.4 Å². The minimum absolute atomic E-state index is 0.229. The number of benzene rings is 2. The first-order valence-electron chi connectivity index (χ1n) is 9.70. The summed E-state index contributed by atoms with van der Waals surface area (Å²) >= 11 is 0. The molecule has 0 saturated heterocycles. The molecule has 0 unspecified atom stereocenters. The summed E-state index contributed by atoms with van der Waals surface area (Å²) in [4.78, 5) is 25.7. The number of rotatable bonds is 5. The van der Waals surface area contributed by atoms with E-state index < -0.39 is 5.63 Å². The molecule has 0 radical (unpaired) electrons. The van der Waals surface area contributed by atoms with E-state index in [9.17, 15) is 14.0 Å². The van der Waals surface area contributed by atoms with Gasteiger partial charge in [-0.2, -0.15) is 0 Å². The van der Waals surface area contributed by atoms with E-state index in [-0.39, 0.29) is 18.2 Å². The first-order valence-corrected chi connectivity index (χ1v) is 9.70. The van der Waals surface area contributed by atoms with Crippen molar-refractivity contribution in [3.8, 4) is 5.75 Å². The molecule has 1 aromatic heterocycles. The molecule has 2 aromatic carbocycles. The second-order valence-corrected chi connectivity index (χ2v) is 7.43. The van der Waals surface area contributed by atoms with Crippen LogP contribution in [0.1, 0.15) is 28.7 Å². The van der Waals surface area contributed by atoms with E-state index in [1.54, 1.807) is 12.1 Å². The number of fused-ring (bicyclic) bond motifs is 3. The molecule has 0 fully saturated rings. The maximum Gasteiger partial charge on any atom is 0.336 e. The van der Waals surface area contributed by atoms with E-state index in [0.717, 1.165) is 27.6 Å². The Morgan fingerprint density at radius 2 is 2.00 bits per heavy atom. The molecule has 0 aliphatic carbocycles. The van der Waals surface area contributed by atoms with Crippen LogP contribution >= 0.6 is 0 Å². The van der Waals surface area contributed by atoms with Gasteiger partial charge in [0, 0.05) is 31.0 Å². The monoisotopic (exact) mass is 411 g/mol. The van der Waals surface area contributed by atoms with Gasteiger partial charge < -0.3 is 13.9 Å². The van der Waals surface area contributed by atoms with Crippen molar-refractivity contribution in [1.82, 2.24) is 4.90 Å². The average molecular weight is 411 g/mol. The molecule has 0 atom stereocenters. The summed E-state index contributed by atoms with van der Waals surface area (Å²) < 4.78 is 29.6. The SMILES string of the molecule is COC(=O)CCc1cc2c(C)cc(=O)oc2c2c1OCN(Cc1ccc(F)cc1)C2. The molecule has 2 heterocycles. The van der Waals surface area contributed by atoms with Gasteiger partial charge in [-0.1, -0.05) is 12.1 Å². The Bertz CT molecular complexity index is 1150. The van der Waals surface area contributed by atoms with E-state index in [1.165, 1.54) is 25.3 Å². The van der Waals surface area contributed by atoms with Gasteiger partial charge in [0.05, 0.1) is 12.7 Å². The van der Waals surface area contributed by atoms with Crippen LogP contribution in [0.3, 0.4) is 0 Å². The second kappa shape index (κ2) is 8.28. The lowest BCUT2D eigenvalue weighted by Gasteiger charge is -2.31. The Balaban J connectivity index is 1.72. The van der Waals surface area contributed by atoms with E-state index in [0.29, 0.717) is 37.6 Å². The molecule has 7 heteroatoms. The summed E-state index contributed by atoms with van der Waals surface area (Å²) in [5.74, 6) is 0.0712. The first kappa shape index (κ1) is 20.1. The van der Waals surface area contributed by atoms with Crippen molar-refractivity contribution < 1.29 is 23.1 Å². The third kappa shape index (κ3) is 4.07. The molecule has 0 N–H and O–H groups in total. The van der Waals surface area contributed by atoms with Gasteiger partial charge in [-0.05, 0) is 48.2 Å². The minimum atomic E-state index is -0.417. The van der Waals surface area contributed by atoms with Crippen molar-refractivity contribution >= 4 is 16.9 Å². The number of carbonyl (C=O) groups is 1. The Morgan fingerprint density at radius 1 is 1.23 bits per heavy atom. The summed E-state index contributed by atoms with van der Waals surface area (Å²) in [6.07, 6.45) is 0.689. The van der Waals surface area contributed by atoms with Gasteiger partial charge in [0.2, 0.25) is 0 Å². The van der Waals surface area contributed by atoms with Crippen molar-refractivity contribution in [2.24, 2.45) is 0 Å². The number of methoxy groups -OCH3 is 1. The predicted octanol–water partition coefficient (Wildman–Crippen LogP) is 3.70. The summed E-state index contributed by atoms with van der Waals surface area (Å²) in [6, 6.07) is 9.71. The number of ether oxygens (including phenoxy) is 2. The Hall–Kier alpha value is -3.19. The van der Waals surface area contributed by atoms with Crippen molar-refractivity contribution in [2.75, 3.05) is 13.8 Å². The number of aryl methyl sites for hydroxylation is 2. The lowest BCUT2D eigenvalue weighted by atomic mass is 9.97. The van der Waals surface area contributed by atoms with Crippen LogP contribution in [0.2, 0.25) is 0 Å². The Labute approximate surface area is 172 Å². The second-order valence-electron chi connectivity index (χ2n) is 7.43. The molecular weight excluding hydrogens is 389 g/mol. The molecular formula is C23H22FNO5. The van der Waals surface area contributed by atoms with Crippen LogP contribution in [0.25, 0.3) is 11.0 Å². The zero-order valence-corrected chi connectivity index (χ0v) is 16.9. The topological polar surface area (TPSA) is 69.0 Å². The third-order valence-electron chi connectivity index (χ3n) is 5.28. The van der Waals surface area contributed by atoms with E-state index >= 15 is 0 Å². The van der Waals surface area contributed by atoms with E-state index in [4.69, 9.17) is 13.9 Å². The lowest BCUT2D eigenvalue weighted by molar-refractivity contribution is -0.140. The molecule has 1 aliphatic heterocycles. The van der Waals surface area contributed by atoms with Crippen LogP contribution in [-0.2, 0) is 29.0 Å². The number of halogens is 1. The lowest BCUT2D eigenvalue weighted by Crippen LogP contribution is -2.32. The average Bonchev–Trinajstić information content (AvgIpc) is 2.73. The van der Waals surface area contributed by atoms with Crippen molar-refractivity contribution in [3.05, 3.63) is 74.9 Å². The summed E-state index contributed by atoms with van der Waals surface area (Å²) in [6.45, 7) is 3.25. The van der Waals surface area contributed by atoms with Crippen molar-refractivity contribution in [3.63, 3.8) is 0 Å². The number of esters is 1. The highest BCUT2D eigenvalue weighted by Crippen LogP contribution is 2.37. The van der Waals surface area contributed by atoms with Gasteiger partial charge in [0.25, 0.3) is 0 Å². The summed E-state index contributed by atoms with van der Waals surface area (Å²) in [5, 5.41) is 0.820. The maximum atomic E-state index is 13.2. The van der Waals surface area contributed by atoms with Gasteiger partial charge in [0.1, 0.15) is 23.9 Å². The predicted molar refractivity (Wildman–Crippen MR) is 109 cm³/mol. The van der Waals surface area contributed by atoms with Crippen LogP contribution in [0.5, 0.6) is 5.75 Å². The molecule has 3 aromatic rings. The zero-order chi connectivity index (χ0) is 21.3. The molecule has 1 aliphatic rings. The minimum Gasteiger partial charge on any atom is -0.477 e. The zero-order valence-electron chi connectivity index (χ0n) is 16.9. The van der Waals surface area contributed by atoms with Gasteiger partial charge in [-0.3, -0.25) is 9.69 Å². The quantitative estimate of drug-likeness (QED) is 0.471. The van der Waals surface area contributed by atoms with Gasteiger partial charge in [-0.15, -0.1) is 0 Å². The van der Waals surface area contributed by atoms with E-state index in [1.807, 2.05) is 17.9 Å². The number of hydrogen-bond donors (Lipinski definition) is 0. The van der Waals surface area contributed by atoms with Gasteiger partial charge >= 0.3 is 11.6 Å². The van der Waals surface area contributed by atoms with Crippen molar-refractivity contribution in [2.45, 2.75) is 32.9 Å². The molecule has 0 spiro atoms. The summed E-state index contributed by atoms with van der Waals surface area (Å²) in [5.41, 5.74) is 3.50. The largest absolute Gasteiger partial charge is 0.477 e. The fourth-order valence-electron chi connectivity index (χ4n) is 3.78. The van der Waals surface area contributed by atoms with Gasteiger partial charge in [0.15, 0.2) is 0 Å². The highest BCUT2D eigenvalue weighted by Gasteiger charge is 2.25. The Morgan fingerprint density at radius 3 is 2.73 bits per heavy atom. The molecule has 30 heavy (non-hydrogen) atoms. The Kier molecular flexibility index (Phi) is 5.55. The standard InChI is InChI=1S/C23H22FNO5/c1-14-9-21(27)30-23-18(14)10-16(5-8-20(26)28-2)22-19(23)12-25(13-29-22)11-15-3-6-17(24)7-4-15/h3-4,6-7,9-10H,5,8,11-13H2,1-2H3. The molecule has 0 amide bonds. The number of carbonyl (C=O) groups excluding carboxylic acids is 1. The third-order valence-corrected chi connectivity index (χ3v) is 5.28. The highest BCUT2D eigenvalue weighted by atomic mass is 19.1. The molecule has 0 saturated carbocycles. The highest BCUT2D eigenvalue weighted by molar-refractivity contribution is 5.86. The van der Waals surface area contributed by atoms with Crippen LogP contribution in [0.4, 0.5) is 4.39 Å². The van der Waals surface area contributed by atoms with Crippen molar-refractivity contribution in [1.29, 1.82) is 0 Å². The normalized spacial score (nSPS) is 13.7. The summed E-state index contributed by atoms with van der Waals surface area (Å²) in [7, 11) is 1.36. The number of hydrogen-bond acceptors (Lipinski definition) is 6. The van der Waals surface area contributed by atoms with Crippen LogP contribution in [0, 0.1) is 12.7 Å². The van der Waals surface area contributed by atoms with Crippen LogP contribution in [-0.4, -0.2) is 24.7 Å². The fourth-order valence-corrected chi connectivity index (χ4v) is 3.78. The van der Waals surface area contributed by atoms with E-state index in [2.05, 4.69) is 0 Å². The van der Waals surface area contributed by atoms with Crippen LogP contribution in [0.15, 0.2) is 45.6 Å². The van der Waals surface area contributed by atoms with Gasteiger partial charge in [-0.25, -0.2) is 9.18 Å². The molecule has 6 nitrogen and oxygen atoms in total. The smallest absolute Gasteiger partial charge is 0.336 e.